The summed E-state index contributed by atoms with van der Waals surface area (Å²) < 4.78 is 5.75. The molecule has 5 heteroatoms. The Labute approximate surface area is 203 Å². The highest BCUT2D eigenvalue weighted by Crippen LogP contribution is 2.71. The van der Waals surface area contributed by atoms with Crippen molar-refractivity contribution in [1.29, 1.82) is 0 Å². The summed E-state index contributed by atoms with van der Waals surface area (Å²) in [5.41, 5.74) is -2.55. The van der Waals surface area contributed by atoms with Crippen LogP contribution >= 0.6 is 0 Å². The number of unbranched alkanes of at least 4 members (excludes halogenated alkanes) is 3. The fourth-order valence-corrected chi connectivity index (χ4v) is 7.26. The van der Waals surface area contributed by atoms with Crippen molar-refractivity contribution in [2.24, 2.45) is 34.5 Å². The third-order valence-electron chi connectivity index (χ3n) is 9.19. The van der Waals surface area contributed by atoms with Crippen molar-refractivity contribution in [3.05, 3.63) is 48.1 Å². The van der Waals surface area contributed by atoms with Gasteiger partial charge in [-0.3, -0.25) is 4.79 Å². The summed E-state index contributed by atoms with van der Waals surface area (Å²) in [6.07, 6.45) is 14.7. The van der Waals surface area contributed by atoms with Crippen LogP contribution in [0.15, 0.2) is 48.1 Å². The summed E-state index contributed by atoms with van der Waals surface area (Å²) in [5.74, 6) is -0.616. The lowest BCUT2D eigenvalue weighted by atomic mass is 9.59. The van der Waals surface area contributed by atoms with Gasteiger partial charge in [-0.25, -0.2) is 4.79 Å². The summed E-state index contributed by atoms with van der Waals surface area (Å²) in [6, 6.07) is 0. The zero-order valence-corrected chi connectivity index (χ0v) is 21.2. The zero-order chi connectivity index (χ0) is 24.9. The lowest BCUT2D eigenvalue weighted by Gasteiger charge is -2.48. The number of rotatable bonds is 7. The first-order valence-electron chi connectivity index (χ1n) is 12.9. The first-order chi connectivity index (χ1) is 16.0. The Hall–Kier alpha value is -1.98. The van der Waals surface area contributed by atoms with Gasteiger partial charge in [0.2, 0.25) is 0 Å². The molecule has 0 aromatic carbocycles. The van der Waals surface area contributed by atoms with Gasteiger partial charge >= 0.3 is 5.97 Å². The van der Waals surface area contributed by atoms with Crippen LogP contribution in [-0.2, 0) is 14.3 Å². The second-order valence-corrected chi connectivity index (χ2v) is 11.5. The number of carbonyl (C=O) groups excluding carboxylic acids is 2. The van der Waals surface area contributed by atoms with Crippen LogP contribution in [0.25, 0.3) is 0 Å². The van der Waals surface area contributed by atoms with E-state index < -0.39 is 29.2 Å². The molecule has 4 aliphatic rings. The molecule has 0 aromatic rings. The molecular weight excluding hydrogens is 428 g/mol. The fraction of sp³-hybridized carbons (Fsp3) is 0.655. The lowest BCUT2D eigenvalue weighted by Crippen LogP contribution is -2.65. The van der Waals surface area contributed by atoms with E-state index in [1.165, 1.54) is 12.5 Å². The average molecular weight is 469 g/mol. The number of hydrogen-bond donors (Lipinski definition) is 2. The number of esters is 1. The molecular formula is C29H40O5. The molecule has 0 amide bonds. The molecule has 0 aromatic heterocycles. The quantitative estimate of drug-likeness (QED) is 0.186. The van der Waals surface area contributed by atoms with Crippen LogP contribution in [0.5, 0.6) is 0 Å². The summed E-state index contributed by atoms with van der Waals surface area (Å²) in [4.78, 5) is 26.8. The Kier molecular flexibility index (Phi) is 6.58. The minimum Gasteiger partial charge on any atom is -0.451 e. The molecule has 186 valence electrons. The topological polar surface area (TPSA) is 83.8 Å². The number of ether oxygens (including phenoxy) is 1. The normalized spacial score (nSPS) is 42.2. The van der Waals surface area contributed by atoms with Gasteiger partial charge in [-0.1, -0.05) is 77.0 Å². The number of aliphatic hydroxyl groups excluding tert-OH is 1. The SMILES string of the molecule is CCCCC/C=C/C=C/C(=O)O[C@H]1C(C)=C[C@]23C(=O)[C@@H](C=C[C@@H](O)[C@]12O)C1C(C[C@H]3C)C1(C)C. The van der Waals surface area contributed by atoms with Crippen LogP contribution in [0.4, 0.5) is 0 Å². The van der Waals surface area contributed by atoms with Crippen molar-refractivity contribution in [2.75, 3.05) is 0 Å². The summed E-state index contributed by atoms with van der Waals surface area (Å²) in [5, 5.41) is 23.3. The Morgan fingerprint density at radius 1 is 1.24 bits per heavy atom. The maximum atomic E-state index is 14.1. The van der Waals surface area contributed by atoms with Crippen molar-refractivity contribution in [3.8, 4) is 0 Å². The molecule has 4 aliphatic carbocycles. The van der Waals surface area contributed by atoms with Crippen molar-refractivity contribution in [1.82, 2.24) is 0 Å². The summed E-state index contributed by atoms with van der Waals surface area (Å²) in [6.45, 7) is 10.3. The maximum absolute atomic E-state index is 14.1. The summed E-state index contributed by atoms with van der Waals surface area (Å²) in [7, 11) is 0. The number of ketones is 1. The van der Waals surface area contributed by atoms with Crippen LogP contribution in [0.1, 0.15) is 66.7 Å². The Bertz CT molecular complexity index is 956. The largest absolute Gasteiger partial charge is 0.451 e. The van der Waals surface area contributed by atoms with Gasteiger partial charge in [0.15, 0.2) is 17.5 Å². The monoisotopic (exact) mass is 468 g/mol. The molecule has 0 radical (unpaired) electrons. The second-order valence-electron chi connectivity index (χ2n) is 11.5. The molecule has 2 unspecified atom stereocenters. The van der Waals surface area contributed by atoms with Crippen molar-refractivity contribution < 1.29 is 24.5 Å². The van der Waals surface area contributed by atoms with Crippen LogP contribution in [-0.4, -0.2) is 39.8 Å². The molecule has 34 heavy (non-hydrogen) atoms. The van der Waals surface area contributed by atoms with Crippen molar-refractivity contribution >= 4 is 11.8 Å². The first-order valence-corrected chi connectivity index (χ1v) is 12.9. The Balaban J connectivity index is 1.59. The minimum atomic E-state index is -1.93. The molecule has 2 fully saturated rings. The molecule has 8 atom stereocenters. The fourth-order valence-electron chi connectivity index (χ4n) is 7.26. The number of allylic oxidation sites excluding steroid dienone is 4. The van der Waals surface area contributed by atoms with E-state index in [-0.39, 0.29) is 29.0 Å². The predicted molar refractivity (Wildman–Crippen MR) is 132 cm³/mol. The van der Waals surface area contributed by atoms with E-state index >= 15 is 0 Å². The Morgan fingerprint density at radius 2 is 1.97 bits per heavy atom. The summed E-state index contributed by atoms with van der Waals surface area (Å²) >= 11 is 0. The molecule has 5 nitrogen and oxygen atoms in total. The van der Waals surface area contributed by atoms with Gasteiger partial charge in [-0.05, 0) is 54.9 Å². The number of fused-ring (bicyclic) bond motifs is 3. The van der Waals surface area contributed by atoms with E-state index in [1.807, 2.05) is 19.1 Å². The van der Waals surface area contributed by atoms with E-state index in [0.29, 0.717) is 11.5 Å². The zero-order valence-electron chi connectivity index (χ0n) is 21.2. The van der Waals surface area contributed by atoms with Crippen LogP contribution < -0.4 is 0 Å². The third kappa shape index (κ3) is 3.58. The van der Waals surface area contributed by atoms with E-state index in [0.717, 1.165) is 25.7 Å². The molecule has 2 N–H and O–H groups in total. The highest BCUT2D eigenvalue weighted by molar-refractivity contribution is 5.95. The van der Waals surface area contributed by atoms with E-state index in [4.69, 9.17) is 4.74 Å². The molecule has 4 rings (SSSR count). The predicted octanol–water partition coefficient (Wildman–Crippen LogP) is 4.70. The first kappa shape index (κ1) is 25.1. The number of Topliss-reactive ketones (excluding diaryl/α,β-unsaturated/α-hetero) is 1. The van der Waals surface area contributed by atoms with E-state index in [2.05, 4.69) is 20.8 Å². The third-order valence-corrected chi connectivity index (χ3v) is 9.19. The van der Waals surface area contributed by atoms with Crippen molar-refractivity contribution in [3.63, 3.8) is 0 Å². The number of hydrogen-bond acceptors (Lipinski definition) is 5. The van der Waals surface area contributed by atoms with Crippen LogP contribution in [0.2, 0.25) is 0 Å². The molecule has 0 aliphatic heterocycles. The van der Waals surface area contributed by atoms with Gasteiger partial charge in [0.25, 0.3) is 0 Å². The van der Waals surface area contributed by atoms with Gasteiger partial charge in [0, 0.05) is 12.0 Å². The smallest absolute Gasteiger partial charge is 0.331 e. The van der Waals surface area contributed by atoms with Gasteiger partial charge < -0.3 is 14.9 Å². The molecule has 0 saturated heterocycles. The van der Waals surface area contributed by atoms with E-state index in [9.17, 15) is 19.8 Å². The van der Waals surface area contributed by atoms with Gasteiger partial charge in [0.1, 0.15) is 6.10 Å². The molecule has 2 bridgehead atoms. The second kappa shape index (κ2) is 8.91. The van der Waals surface area contributed by atoms with Crippen LogP contribution in [0, 0.1) is 34.5 Å². The lowest BCUT2D eigenvalue weighted by molar-refractivity contribution is -0.199. The molecule has 0 heterocycles. The van der Waals surface area contributed by atoms with Gasteiger partial charge in [0.05, 0.1) is 5.41 Å². The molecule has 2 saturated carbocycles. The minimum absolute atomic E-state index is 0.0585. The van der Waals surface area contributed by atoms with Crippen LogP contribution in [0.3, 0.4) is 0 Å². The maximum Gasteiger partial charge on any atom is 0.331 e. The number of aliphatic hydroxyl groups is 2. The van der Waals surface area contributed by atoms with Gasteiger partial charge in [-0.2, -0.15) is 0 Å². The standard InChI is InChI=1S/C29H40O5/c1-6-7-8-9-10-11-12-13-23(31)34-26-18(2)17-28-19(3)16-21-24(27(21,4)5)20(25(28)32)14-15-22(30)29(26,28)33/h10-15,17,19-22,24,26,30,33H,6-9,16H2,1-5H3/b11-10+,13-12+/t19-,20+,21?,22-,24?,26+,28+,29+/m1/s1. The average Bonchev–Trinajstić information content (AvgIpc) is 3.27. The van der Waals surface area contributed by atoms with Crippen molar-refractivity contribution in [2.45, 2.75) is 84.5 Å². The number of carbonyl (C=O) groups is 2. The molecule has 1 spiro atoms. The Morgan fingerprint density at radius 3 is 2.68 bits per heavy atom. The van der Waals surface area contributed by atoms with Gasteiger partial charge in [-0.15, -0.1) is 0 Å². The highest BCUT2D eigenvalue weighted by atomic mass is 16.6. The highest BCUT2D eigenvalue weighted by Gasteiger charge is 2.75. The van der Waals surface area contributed by atoms with E-state index in [1.54, 1.807) is 31.2 Å².